The maximum atomic E-state index is 13.2. The average Bonchev–Trinajstić information content (AvgIpc) is 2.62. The molecule has 2 N–H and O–H groups in total. The van der Waals surface area contributed by atoms with E-state index in [2.05, 4.69) is 20.6 Å². The monoisotopic (exact) mass is 346 g/mol. The van der Waals surface area contributed by atoms with E-state index in [1.807, 2.05) is 19.1 Å². The molecule has 1 heterocycles. The number of nitrogens with one attached hydrogen (secondary N) is 2. The summed E-state index contributed by atoms with van der Waals surface area (Å²) in [7, 11) is 3.27. The van der Waals surface area contributed by atoms with Crippen molar-refractivity contribution >= 4 is 5.96 Å². The Bertz CT molecular complexity index is 709. The lowest BCUT2D eigenvalue weighted by Crippen LogP contribution is -2.41. The van der Waals surface area contributed by atoms with Gasteiger partial charge in [0, 0.05) is 19.2 Å². The van der Waals surface area contributed by atoms with Crippen LogP contribution in [0, 0.1) is 5.82 Å². The quantitative estimate of drug-likeness (QED) is 0.595. The molecule has 0 aliphatic rings. The number of hydrogen-bond acceptors (Lipinski definition) is 4. The van der Waals surface area contributed by atoms with Crippen LogP contribution < -0.4 is 20.1 Å². The lowest BCUT2D eigenvalue weighted by molar-refractivity contribution is 0.223. The molecule has 0 radical (unpaired) electrons. The Balaban J connectivity index is 1.79. The smallest absolute Gasteiger partial charge is 0.213 e. The molecule has 0 bridgehead atoms. The number of benzene rings is 1. The Morgan fingerprint density at radius 1 is 1.24 bits per heavy atom. The topological polar surface area (TPSA) is 67.8 Å². The Morgan fingerprint density at radius 2 is 2.04 bits per heavy atom. The SMILES string of the molecule is CN=C(NCc1cccc(OC)n1)NCC(C)Oc1cccc(F)c1. The Labute approximate surface area is 147 Å². The van der Waals surface area contributed by atoms with E-state index in [4.69, 9.17) is 9.47 Å². The highest BCUT2D eigenvalue weighted by Crippen LogP contribution is 2.13. The Hall–Kier alpha value is -2.83. The van der Waals surface area contributed by atoms with Gasteiger partial charge in [-0.15, -0.1) is 0 Å². The molecule has 25 heavy (non-hydrogen) atoms. The minimum absolute atomic E-state index is 0.157. The summed E-state index contributed by atoms with van der Waals surface area (Å²) in [6, 6.07) is 11.7. The molecular formula is C18H23FN4O2. The highest BCUT2D eigenvalue weighted by Gasteiger charge is 2.07. The van der Waals surface area contributed by atoms with Crippen LogP contribution in [0.2, 0.25) is 0 Å². The molecule has 1 unspecified atom stereocenters. The number of pyridine rings is 1. The highest BCUT2D eigenvalue weighted by atomic mass is 19.1. The van der Waals surface area contributed by atoms with Gasteiger partial charge in [0.15, 0.2) is 5.96 Å². The first-order valence-electron chi connectivity index (χ1n) is 7.97. The lowest BCUT2D eigenvalue weighted by Gasteiger charge is -2.17. The summed E-state index contributed by atoms with van der Waals surface area (Å²) in [5.74, 6) is 1.37. The van der Waals surface area contributed by atoms with Gasteiger partial charge in [0.05, 0.1) is 25.9 Å². The fourth-order valence-electron chi connectivity index (χ4n) is 2.12. The summed E-state index contributed by atoms with van der Waals surface area (Å²) >= 11 is 0. The fraction of sp³-hybridized carbons (Fsp3) is 0.333. The summed E-state index contributed by atoms with van der Waals surface area (Å²) in [4.78, 5) is 8.49. The van der Waals surface area contributed by atoms with Crippen molar-refractivity contribution in [1.82, 2.24) is 15.6 Å². The first-order valence-corrected chi connectivity index (χ1v) is 7.97. The van der Waals surface area contributed by atoms with Gasteiger partial charge in [0.25, 0.3) is 0 Å². The number of methoxy groups -OCH3 is 1. The summed E-state index contributed by atoms with van der Waals surface area (Å²) in [6.07, 6.45) is -0.157. The number of ether oxygens (including phenoxy) is 2. The van der Waals surface area contributed by atoms with Crippen molar-refractivity contribution in [3.63, 3.8) is 0 Å². The summed E-state index contributed by atoms with van der Waals surface area (Å²) in [5, 5.41) is 6.33. The van der Waals surface area contributed by atoms with Gasteiger partial charge < -0.3 is 20.1 Å². The minimum atomic E-state index is -0.319. The predicted molar refractivity (Wildman–Crippen MR) is 95.5 cm³/mol. The van der Waals surface area contributed by atoms with Crippen molar-refractivity contribution in [1.29, 1.82) is 0 Å². The van der Waals surface area contributed by atoms with Crippen molar-refractivity contribution < 1.29 is 13.9 Å². The van der Waals surface area contributed by atoms with E-state index in [1.165, 1.54) is 12.1 Å². The number of nitrogens with zero attached hydrogens (tertiary/aromatic N) is 2. The largest absolute Gasteiger partial charge is 0.489 e. The third kappa shape index (κ3) is 6.29. The van der Waals surface area contributed by atoms with Crippen LogP contribution in [0.4, 0.5) is 4.39 Å². The second-order valence-electron chi connectivity index (χ2n) is 5.36. The maximum absolute atomic E-state index is 13.2. The van der Waals surface area contributed by atoms with Crippen molar-refractivity contribution in [2.75, 3.05) is 20.7 Å². The van der Waals surface area contributed by atoms with Crippen molar-refractivity contribution in [3.8, 4) is 11.6 Å². The van der Waals surface area contributed by atoms with Gasteiger partial charge in [0.1, 0.15) is 17.7 Å². The van der Waals surface area contributed by atoms with E-state index < -0.39 is 0 Å². The molecule has 0 aliphatic carbocycles. The van der Waals surface area contributed by atoms with Crippen LogP contribution >= 0.6 is 0 Å². The molecule has 0 spiro atoms. The molecule has 0 saturated heterocycles. The molecule has 0 amide bonds. The molecule has 6 nitrogen and oxygen atoms in total. The van der Waals surface area contributed by atoms with Crippen molar-refractivity contribution in [3.05, 3.63) is 54.0 Å². The molecule has 2 rings (SSSR count). The van der Waals surface area contributed by atoms with Gasteiger partial charge >= 0.3 is 0 Å². The molecule has 0 fully saturated rings. The summed E-state index contributed by atoms with van der Waals surface area (Å²) < 4.78 is 23.9. The van der Waals surface area contributed by atoms with E-state index in [9.17, 15) is 4.39 Å². The average molecular weight is 346 g/mol. The van der Waals surface area contributed by atoms with Crippen molar-refractivity contribution in [2.45, 2.75) is 19.6 Å². The number of hydrogen-bond donors (Lipinski definition) is 2. The van der Waals surface area contributed by atoms with Crippen LogP contribution in [0.15, 0.2) is 47.5 Å². The lowest BCUT2D eigenvalue weighted by atomic mass is 10.3. The number of rotatable bonds is 7. The van der Waals surface area contributed by atoms with Crippen LogP contribution in [-0.4, -0.2) is 37.7 Å². The molecule has 1 atom stereocenters. The van der Waals surface area contributed by atoms with Gasteiger partial charge in [-0.05, 0) is 25.1 Å². The van der Waals surface area contributed by atoms with Crippen LogP contribution in [0.25, 0.3) is 0 Å². The Morgan fingerprint density at radius 3 is 2.76 bits per heavy atom. The number of halogens is 1. The minimum Gasteiger partial charge on any atom is -0.489 e. The molecular weight excluding hydrogens is 323 g/mol. The van der Waals surface area contributed by atoms with Crippen molar-refractivity contribution in [2.24, 2.45) is 4.99 Å². The van der Waals surface area contributed by atoms with Crippen LogP contribution in [-0.2, 0) is 6.54 Å². The van der Waals surface area contributed by atoms with Crippen LogP contribution in [0.5, 0.6) is 11.6 Å². The molecule has 2 aromatic rings. The molecule has 7 heteroatoms. The molecule has 0 aliphatic heterocycles. The van der Waals surface area contributed by atoms with Gasteiger partial charge in [-0.1, -0.05) is 12.1 Å². The second-order valence-corrected chi connectivity index (χ2v) is 5.36. The summed E-state index contributed by atoms with van der Waals surface area (Å²) in [5.41, 5.74) is 0.839. The van der Waals surface area contributed by atoms with E-state index >= 15 is 0 Å². The zero-order chi connectivity index (χ0) is 18.1. The van der Waals surface area contributed by atoms with Gasteiger partial charge in [-0.2, -0.15) is 0 Å². The summed E-state index contributed by atoms with van der Waals surface area (Å²) in [6.45, 7) is 2.92. The van der Waals surface area contributed by atoms with E-state index in [-0.39, 0.29) is 11.9 Å². The molecule has 1 aromatic carbocycles. The normalized spacial score (nSPS) is 12.4. The third-order valence-electron chi connectivity index (χ3n) is 3.34. The zero-order valence-electron chi connectivity index (χ0n) is 14.6. The zero-order valence-corrected chi connectivity index (χ0v) is 14.6. The van der Waals surface area contributed by atoms with Gasteiger partial charge in [-0.3, -0.25) is 4.99 Å². The standard InChI is InChI=1S/C18H23FN4O2/c1-13(25-16-8-4-6-14(19)10-16)11-21-18(20-2)22-12-15-7-5-9-17(23-15)24-3/h4-10,13H,11-12H2,1-3H3,(H2,20,21,22). The number of aliphatic imine (C=N–C) groups is 1. The highest BCUT2D eigenvalue weighted by molar-refractivity contribution is 5.79. The van der Waals surface area contributed by atoms with Crippen LogP contribution in [0.1, 0.15) is 12.6 Å². The first-order chi connectivity index (χ1) is 12.1. The molecule has 134 valence electrons. The van der Waals surface area contributed by atoms with E-state index in [0.717, 1.165) is 5.69 Å². The molecule has 0 saturated carbocycles. The fourth-order valence-corrected chi connectivity index (χ4v) is 2.12. The van der Waals surface area contributed by atoms with E-state index in [0.29, 0.717) is 30.7 Å². The van der Waals surface area contributed by atoms with E-state index in [1.54, 1.807) is 32.4 Å². The molecule has 1 aromatic heterocycles. The Kier molecular flexibility index (Phi) is 7.00. The van der Waals surface area contributed by atoms with Gasteiger partial charge in [-0.25, -0.2) is 9.37 Å². The first kappa shape index (κ1) is 18.5. The third-order valence-corrected chi connectivity index (χ3v) is 3.34. The number of guanidine groups is 1. The number of aromatic nitrogens is 1. The maximum Gasteiger partial charge on any atom is 0.213 e. The second kappa shape index (κ2) is 9.46. The predicted octanol–water partition coefficient (Wildman–Crippen LogP) is 2.36. The van der Waals surface area contributed by atoms with Gasteiger partial charge in [0.2, 0.25) is 5.88 Å². The van der Waals surface area contributed by atoms with Crippen LogP contribution in [0.3, 0.4) is 0 Å².